The molecule has 0 aliphatic rings. The number of rotatable bonds is 8. The van der Waals surface area contributed by atoms with Crippen LogP contribution in [0.15, 0.2) is 53.6 Å². The first-order chi connectivity index (χ1) is 15.6. The Morgan fingerprint density at radius 1 is 1.12 bits per heavy atom. The van der Waals surface area contributed by atoms with E-state index in [9.17, 15) is 10.1 Å². The molecule has 0 fully saturated rings. The Morgan fingerprint density at radius 2 is 1.91 bits per heavy atom. The van der Waals surface area contributed by atoms with Crippen molar-refractivity contribution in [1.82, 2.24) is 9.38 Å². The Kier molecular flexibility index (Phi) is 6.33. The maximum atomic E-state index is 13.0. The van der Waals surface area contributed by atoms with Crippen LogP contribution in [0.1, 0.15) is 34.8 Å². The lowest BCUT2D eigenvalue weighted by molar-refractivity contribution is 0.102. The molecule has 0 N–H and O–H groups in total. The van der Waals surface area contributed by atoms with E-state index in [0.717, 1.165) is 34.5 Å². The Hall–Kier alpha value is -3.50. The highest BCUT2D eigenvalue weighted by atomic mass is 32.2. The van der Waals surface area contributed by atoms with Crippen molar-refractivity contribution in [3.05, 3.63) is 65.2 Å². The largest absolute Gasteiger partial charge is 0.493 e. The molecule has 0 aliphatic heterocycles. The molecule has 2 aromatic heterocycles. The normalized spacial score (nSPS) is 10.9. The smallest absolute Gasteiger partial charge is 0.173 e. The monoisotopic (exact) mass is 445 g/mol. The quantitative estimate of drug-likeness (QED) is 0.270. The van der Waals surface area contributed by atoms with Gasteiger partial charge in [-0.1, -0.05) is 37.2 Å². The van der Waals surface area contributed by atoms with E-state index in [2.05, 4.69) is 13.0 Å². The minimum atomic E-state index is -0.0186. The van der Waals surface area contributed by atoms with Gasteiger partial charge in [-0.3, -0.25) is 9.20 Å². The fourth-order valence-corrected chi connectivity index (χ4v) is 4.76. The Labute approximate surface area is 190 Å². The Balaban J connectivity index is 1.74. The van der Waals surface area contributed by atoms with Crippen molar-refractivity contribution in [3.8, 4) is 17.6 Å². The van der Waals surface area contributed by atoms with Crippen LogP contribution in [0.5, 0.6) is 11.5 Å². The summed E-state index contributed by atoms with van der Waals surface area (Å²) in [6, 6.07) is 17.3. The van der Waals surface area contributed by atoms with E-state index in [1.165, 1.54) is 11.8 Å². The minimum absolute atomic E-state index is 0.0186. The number of aryl methyl sites for hydroxylation is 1. The van der Waals surface area contributed by atoms with Gasteiger partial charge in [0.25, 0.3) is 0 Å². The summed E-state index contributed by atoms with van der Waals surface area (Å²) in [7, 11) is 3.11. The first-order valence-electron chi connectivity index (χ1n) is 10.3. The number of benzene rings is 2. The maximum Gasteiger partial charge on any atom is 0.173 e. The van der Waals surface area contributed by atoms with Crippen LogP contribution < -0.4 is 9.47 Å². The van der Waals surface area contributed by atoms with Gasteiger partial charge in [0, 0.05) is 5.56 Å². The van der Waals surface area contributed by atoms with E-state index < -0.39 is 0 Å². The third kappa shape index (κ3) is 3.90. The predicted molar refractivity (Wildman–Crippen MR) is 126 cm³/mol. The van der Waals surface area contributed by atoms with E-state index in [4.69, 9.17) is 14.5 Å². The number of fused-ring (bicyclic) bond motifs is 3. The number of hydrogen-bond acceptors (Lipinski definition) is 6. The molecule has 0 atom stereocenters. The van der Waals surface area contributed by atoms with Crippen LogP contribution in [0.3, 0.4) is 0 Å². The predicted octanol–water partition coefficient (Wildman–Crippen LogP) is 5.30. The van der Waals surface area contributed by atoms with Crippen LogP contribution in [-0.2, 0) is 6.42 Å². The molecule has 0 unspecified atom stereocenters. The van der Waals surface area contributed by atoms with Crippen molar-refractivity contribution >= 4 is 34.2 Å². The summed E-state index contributed by atoms with van der Waals surface area (Å²) in [6.07, 6.45) is 1.69. The fourth-order valence-electron chi connectivity index (χ4n) is 3.77. The SMILES string of the molecule is CCCc1cc(SCC(=O)c2ccc(OC)c(OC)c2)n2c(nc3ccccc32)c1C#N. The molecule has 0 saturated carbocycles. The summed E-state index contributed by atoms with van der Waals surface area (Å²) in [5, 5.41) is 10.7. The molecule has 0 bridgehead atoms. The zero-order valence-corrected chi connectivity index (χ0v) is 19.0. The van der Waals surface area contributed by atoms with Gasteiger partial charge in [-0.15, -0.1) is 0 Å². The van der Waals surface area contributed by atoms with Crippen LogP contribution >= 0.6 is 11.8 Å². The number of para-hydroxylation sites is 2. The average Bonchev–Trinajstić information content (AvgIpc) is 3.21. The number of ketones is 1. The second-order valence-electron chi connectivity index (χ2n) is 7.29. The molecule has 162 valence electrons. The molecule has 4 rings (SSSR count). The van der Waals surface area contributed by atoms with Gasteiger partial charge in [0.2, 0.25) is 0 Å². The number of aromatic nitrogens is 2. The molecule has 32 heavy (non-hydrogen) atoms. The highest BCUT2D eigenvalue weighted by molar-refractivity contribution is 8.00. The number of ether oxygens (including phenoxy) is 2. The van der Waals surface area contributed by atoms with Crippen LogP contribution in [0.4, 0.5) is 0 Å². The first-order valence-corrected chi connectivity index (χ1v) is 11.3. The number of imidazole rings is 1. The standard InChI is InChI=1S/C25H23N3O3S/c1-4-7-16-13-24(28-20-9-6-5-8-19(20)27-25(28)18(16)14-26)32-15-21(29)17-10-11-22(30-2)23(12-17)31-3/h5-6,8-13H,4,7,15H2,1-3H3. The first kappa shape index (κ1) is 21.7. The van der Waals surface area contributed by atoms with E-state index in [1.54, 1.807) is 32.4 Å². The lowest BCUT2D eigenvalue weighted by atomic mass is 10.1. The number of carbonyl (C=O) groups is 1. The minimum Gasteiger partial charge on any atom is -0.493 e. The number of thioether (sulfide) groups is 1. The zero-order valence-electron chi connectivity index (χ0n) is 18.2. The van der Waals surface area contributed by atoms with Gasteiger partial charge in [0.05, 0.1) is 41.6 Å². The molecule has 0 saturated heterocycles. The third-order valence-corrected chi connectivity index (χ3v) is 6.31. The molecule has 6 nitrogen and oxygen atoms in total. The Morgan fingerprint density at radius 3 is 2.62 bits per heavy atom. The number of carbonyl (C=O) groups excluding carboxylic acids is 1. The van der Waals surface area contributed by atoms with E-state index in [1.807, 2.05) is 34.7 Å². The fraction of sp³-hybridized carbons (Fsp3) is 0.240. The van der Waals surface area contributed by atoms with E-state index in [0.29, 0.717) is 28.3 Å². The highest BCUT2D eigenvalue weighted by Crippen LogP contribution is 2.32. The van der Waals surface area contributed by atoms with Crippen molar-refractivity contribution in [2.24, 2.45) is 0 Å². The van der Waals surface area contributed by atoms with Crippen LogP contribution in [0.25, 0.3) is 16.7 Å². The number of methoxy groups -OCH3 is 2. The average molecular weight is 446 g/mol. The van der Waals surface area contributed by atoms with Crippen molar-refractivity contribution < 1.29 is 14.3 Å². The van der Waals surface area contributed by atoms with Gasteiger partial charge in [-0.25, -0.2) is 4.98 Å². The lowest BCUT2D eigenvalue weighted by Crippen LogP contribution is -2.05. The number of hydrogen-bond donors (Lipinski definition) is 0. The molecule has 4 aromatic rings. The summed E-state index contributed by atoms with van der Waals surface area (Å²) in [4.78, 5) is 17.7. The maximum absolute atomic E-state index is 13.0. The molecule has 0 aliphatic carbocycles. The number of nitrogens with zero attached hydrogens (tertiary/aromatic N) is 3. The van der Waals surface area contributed by atoms with Crippen molar-refractivity contribution in [2.45, 2.75) is 24.8 Å². The Bertz CT molecular complexity index is 1350. The second-order valence-corrected chi connectivity index (χ2v) is 8.28. The summed E-state index contributed by atoms with van der Waals surface area (Å²) < 4.78 is 12.6. The molecular weight excluding hydrogens is 422 g/mol. The van der Waals surface area contributed by atoms with Gasteiger partial charge in [0.1, 0.15) is 6.07 Å². The molecule has 7 heteroatoms. The molecule has 0 spiro atoms. The van der Waals surface area contributed by atoms with Gasteiger partial charge < -0.3 is 9.47 Å². The number of Topliss-reactive ketones (excluding diaryl/α,β-unsaturated/α-hetero) is 1. The second kappa shape index (κ2) is 9.33. The van der Waals surface area contributed by atoms with Crippen LogP contribution in [0, 0.1) is 11.3 Å². The topological polar surface area (TPSA) is 76.6 Å². The van der Waals surface area contributed by atoms with Crippen molar-refractivity contribution in [3.63, 3.8) is 0 Å². The van der Waals surface area contributed by atoms with Gasteiger partial charge in [0.15, 0.2) is 22.9 Å². The molecular formula is C25H23N3O3S. The summed E-state index contributed by atoms with van der Waals surface area (Å²) in [5.74, 6) is 1.33. The molecule has 2 aromatic carbocycles. The molecule has 0 amide bonds. The van der Waals surface area contributed by atoms with E-state index in [-0.39, 0.29) is 11.5 Å². The third-order valence-electron chi connectivity index (χ3n) is 5.31. The summed E-state index contributed by atoms with van der Waals surface area (Å²) in [6.45, 7) is 2.08. The zero-order chi connectivity index (χ0) is 22.7. The lowest BCUT2D eigenvalue weighted by Gasteiger charge is -2.12. The molecule has 0 radical (unpaired) electrons. The van der Waals surface area contributed by atoms with Crippen LogP contribution in [-0.4, -0.2) is 35.1 Å². The summed E-state index contributed by atoms with van der Waals surface area (Å²) in [5.41, 5.74) is 4.50. The summed E-state index contributed by atoms with van der Waals surface area (Å²) >= 11 is 1.45. The van der Waals surface area contributed by atoms with Gasteiger partial charge >= 0.3 is 0 Å². The van der Waals surface area contributed by atoms with Gasteiger partial charge in [-0.2, -0.15) is 5.26 Å². The van der Waals surface area contributed by atoms with Crippen molar-refractivity contribution in [1.29, 1.82) is 5.26 Å². The number of pyridine rings is 1. The van der Waals surface area contributed by atoms with Crippen molar-refractivity contribution in [2.75, 3.05) is 20.0 Å². The van der Waals surface area contributed by atoms with Gasteiger partial charge in [-0.05, 0) is 48.4 Å². The highest BCUT2D eigenvalue weighted by Gasteiger charge is 2.18. The number of nitriles is 1. The molecule has 2 heterocycles. The van der Waals surface area contributed by atoms with Crippen LogP contribution in [0.2, 0.25) is 0 Å². The van der Waals surface area contributed by atoms with E-state index >= 15 is 0 Å².